The van der Waals surface area contributed by atoms with Crippen LogP contribution in [0.25, 0.3) is 0 Å². The van der Waals surface area contributed by atoms with Crippen LogP contribution >= 0.6 is 23.6 Å². The number of carboxylic acid groups (broad SMARTS) is 1. The van der Waals surface area contributed by atoms with Gasteiger partial charge in [-0.1, -0.05) is 18.2 Å². The molecule has 0 bridgehead atoms. The number of thiazole rings is 1. The summed E-state index contributed by atoms with van der Waals surface area (Å²) in [6.45, 7) is 1.67. The molecule has 1 aromatic carbocycles. The lowest BCUT2D eigenvalue weighted by atomic mass is 9.98. The average Bonchev–Trinajstić information content (AvgIpc) is 3.13. The number of aromatic carboxylic acids is 1. The molecule has 1 N–H and O–H groups in total. The van der Waals surface area contributed by atoms with Gasteiger partial charge in [-0.2, -0.15) is 0 Å². The Kier molecular flexibility index (Phi) is 5.85. The highest BCUT2D eigenvalue weighted by atomic mass is 32.1. The summed E-state index contributed by atoms with van der Waals surface area (Å²) >= 11 is 7.21. The molecule has 26 heavy (non-hydrogen) atoms. The van der Waals surface area contributed by atoms with Crippen molar-refractivity contribution < 1.29 is 9.90 Å². The van der Waals surface area contributed by atoms with Gasteiger partial charge in [0.05, 0.1) is 10.7 Å². The maximum Gasteiger partial charge on any atom is 0.355 e. The molecule has 138 valence electrons. The number of piperidine rings is 1. The minimum absolute atomic E-state index is 0.144. The van der Waals surface area contributed by atoms with E-state index in [2.05, 4.69) is 9.88 Å². The molecule has 0 aliphatic carbocycles. The Hall–Kier alpha value is -2.03. The number of hydrazine groups is 1. The molecule has 0 atom stereocenters. The smallest absolute Gasteiger partial charge is 0.355 e. The molecule has 2 aromatic rings. The molecule has 0 spiro atoms. The third kappa shape index (κ3) is 4.03. The Balaban J connectivity index is 1.66. The van der Waals surface area contributed by atoms with Crippen LogP contribution in [0.3, 0.4) is 0 Å². The van der Waals surface area contributed by atoms with E-state index in [1.165, 1.54) is 11.3 Å². The van der Waals surface area contributed by atoms with Gasteiger partial charge < -0.3 is 10.0 Å². The molecule has 0 unspecified atom stereocenters. The van der Waals surface area contributed by atoms with Gasteiger partial charge in [0.25, 0.3) is 0 Å². The van der Waals surface area contributed by atoms with Crippen molar-refractivity contribution in [1.29, 1.82) is 0 Å². The molecule has 6 nitrogen and oxygen atoms in total. The van der Waals surface area contributed by atoms with E-state index in [4.69, 9.17) is 17.3 Å². The molecule has 1 aliphatic heterocycles. The average molecular weight is 391 g/mol. The minimum Gasteiger partial charge on any atom is -0.476 e. The quantitative estimate of drug-likeness (QED) is 0.635. The lowest BCUT2D eigenvalue weighted by Crippen LogP contribution is -2.51. The van der Waals surface area contributed by atoms with Crippen LogP contribution in [0.1, 0.15) is 34.3 Å². The number of anilines is 1. The summed E-state index contributed by atoms with van der Waals surface area (Å²) in [7, 11) is 3.96. The summed E-state index contributed by atoms with van der Waals surface area (Å²) in [6.07, 6.45) is 1.84. The second-order valence-electron chi connectivity index (χ2n) is 6.41. The van der Waals surface area contributed by atoms with Crippen LogP contribution in [0.2, 0.25) is 0 Å². The summed E-state index contributed by atoms with van der Waals surface area (Å²) in [5.74, 6) is -0.660. The molecule has 3 rings (SSSR count). The van der Waals surface area contributed by atoms with E-state index < -0.39 is 5.97 Å². The Morgan fingerprint density at radius 3 is 2.46 bits per heavy atom. The van der Waals surface area contributed by atoms with Crippen molar-refractivity contribution in [3.05, 3.63) is 46.4 Å². The van der Waals surface area contributed by atoms with Gasteiger partial charge in [0.2, 0.25) is 0 Å². The van der Waals surface area contributed by atoms with Crippen LogP contribution in [-0.4, -0.2) is 58.3 Å². The number of carboxylic acids is 1. The zero-order valence-electron chi connectivity index (χ0n) is 14.8. The van der Waals surface area contributed by atoms with Crippen LogP contribution in [0, 0.1) is 0 Å². The van der Waals surface area contributed by atoms with Crippen molar-refractivity contribution in [3.8, 4) is 0 Å². The van der Waals surface area contributed by atoms with E-state index >= 15 is 0 Å². The van der Waals surface area contributed by atoms with Crippen LogP contribution in [0.15, 0.2) is 35.7 Å². The van der Waals surface area contributed by atoms with Crippen molar-refractivity contribution in [1.82, 2.24) is 14.9 Å². The van der Waals surface area contributed by atoms with Gasteiger partial charge in [0.15, 0.2) is 10.8 Å². The normalized spacial score (nSPS) is 15.3. The maximum atomic E-state index is 11.0. The van der Waals surface area contributed by atoms with Gasteiger partial charge in [-0.15, -0.1) is 11.3 Å². The molecule has 0 radical (unpaired) electrons. The molecule has 1 saturated heterocycles. The third-order valence-electron chi connectivity index (χ3n) is 4.44. The maximum absolute atomic E-state index is 11.0. The molecule has 1 aliphatic rings. The minimum atomic E-state index is -0.962. The Labute approximate surface area is 162 Å². The Morgan fingerprint density at radius 2 is 1.92 bits per heavy atom. The SMILES string of the molecule is CN(C)N(C(=S)N1CCC(c2nc(C(=O)O)cs2)CC1)c1ccccc1. The van der Waals surface area contributed by atoms with Crippen molar-refractivity contribution in [2.45, 2.75) is 18.8 Å². The number of rotatable bonds is 4. The summed E-state index contributed by atoms with van der Waals surface area (Å²) < 4.78 is 0. The number of carbonyl (C=O) groups is 1. The number of nitrogens with zero attached hydrogens (tertiary/aromatic N) is 4. The van der Waals surface area contributed by atoms with Gasteiger partial charge in [-0.05, 0) is 37.2 Å². The predicted molar refractivity (Wildman–Crippen MR) is 108 cm³/mol. The van der Waals surface area contributed by atoms with E-state index in [0.29, 0.717) is 5.92 Å². The lowest BCUT2D eigenvalue weighted by Gasteiger charge is -2.40. The number of hydrogen-bond acceptors (Lipinski definition) is 5. The standard InChI is InChI=1S/C18H22N4O2S2/c1-20(2)22(14-6-4-3-5-7-14)18(25)21-10-8-13(9-11-21)16-19-15(12-26-16)17(23)24/h3-7,12-13H,8-11H2,1-2H3,(H,23,24). The highest BCUT2D eigenvalue weighted by molar-refractivity contribution is 7.80. The molecule has 2 heterocycles. The van der Waals surface area contributed by atoms with E-state index in [9.17, 15) is 4.79 Å². The first-order valence-corrected chi connectivity index (χ1v) is 9.76. The Morgan fingerprint density at radius 1 is 1.27 bits per heavy atom. The summed E-state index contributed by atoms with van der Waals surface area (Å²) in [6, 6.07) is 10.1. The number of thiocarbonyl (C=S) groups is 1. The highest BCUT2D eigenvalue weighted by Crippen LogP contribution is 2.31. The molecular formula is C18H22N4O2S2. The highest BCUT2D eigenvalue weighted by Gasteiger charge is 2.28. The van der Waals surface area contributed by atoms with Gasteiger partial charge in [-0.3, -0.25) is 0 Å². The van der Waals surface area contributed by atoms with Crippen LogP contribution in [0.4, 0.5) is 5.69 Å². The molecular weight excluding hydrogens is 368 g/mol. The molecule has 1 aromatic heterocycles. The molecule has 8 heteroatoms. The van der Waals surface area contributed by atoms with E-state index in [1.807, 2.05) is 54.4 Å². The van der Waals surface area contributed by atoms with Gasteiger partial charge in [0, 0.05) is 38.5 Å². The first-order valence-electron chi connectivity index (χ1n) is 8.47. The topological polar surface area (TPSA) is 59.9 Å². The monoisotopic (exact) mass is 390 g/mol. The summed E-state index contributed by atoms with van der Waals surface area (Å²) in [4.78, 5) is 17.5. The van der Waals surface area contributed by atoms with Crippen molar-refractivity contribution in [3.63, 3.8) is 0 Å². The fourth-order valence-electron chi connectivity index (χ4n) is 3.11. The number of para-hydroxylation sites is 1. The fraction of sp³-hybridized carbons (Fsp3) is 0.389. The second-order valence-corrected chi connectivity index (χ2v) is 7.67. The number of likely N-dealkylation sites (tertiary alicyclic amines) is 1. The summed E-state index contributed by atoms with van der Waals surface area (Å²) in [5, 5.41) is 16.4. The zero-order chi connectivity index (χ0) is 18.7. The van der Waals surface area contributed by atoms with Crippen LogP contribution < -0.4 is 5.01 Å². The van der Waals surface area contributed by atoms with Crippen molar-refractivity contribution >= 4 is 40.3 Å². The first-order chi connectivity index (χ1) is 12.5. The molecule has 0 saturated carbocycles. The van der Waals surface area contributed by atoms with Crippen molar-refractivity contribution in [2.24, 2.45) is 0 Å². The number of benzene rings is 1. The number of hydrogen-bond donors (Lipinski definition) is 1. The van der Waals surface area contributed by atoms with E-state index in [0.717, 1.165) is 41.7 Å². The molecule has 0 amide bonds. The van der Waals surface area contributed by atoms with E-state index in [-0.39, 0.29) is 5.69 Å². The molecule has 1 fully saturated rings. The number of aromatic nitrogens is 1. The van der Waals surface area contributed by atoms with Crippen molar-refractivity contribution in [2.75, 3.05) is 32.2 Å². The predicted octanol–water partition coefficient (Wildman–Crippen LogP) is 3.29. The Bertz CT molecular complexity index is 771. The van der Waals surface area contributed by atoms with Crippen LogP contribution in [0.5, 0.6) is 0 Å². The van der Waals surface area contributed by atoms with Gasteiger partial charge >= 0.3 is 5.97 Å². The summed E-state index contributed by atoms with van der Waals surface area (Å²) in [5.41, 5.74) is 1.18. The largest absolute Gasteiger partial charge is 0.476 e. The van der Waals surface area contributed by atoms with E-state index in [1.54, 1.807) is 5.38 Å². The zero-order valence-corrected chi connectivity index (χ0v) is 16.5. The van der Waals surface area contributed by atoms with Gasteiger partial charge in [0.1, 0.15) is 0 Å². The fourth-order valence-corrected chi connectivity index (χ4v) is 4.52. The van der Waals surface area contributed by atoms with Crippen LogP contribution in [-0.2, 0) is 0 Å². The van der Waals surface area contributed by atoms with Gasteiger partial charge in [-0.25, -0.2) is 19.8 Å². The third-order valence-corrected chi connectivity index (χ3v) is 5.88. The second kappa shape index (κ2) is 8.11. The first kappa shape index (κ1) is 18.8. The lowest BCUT2D eigenvalue weighted by molar-refractivity contribution is 0.0691.